The summed E-state index contributed by atoms with van der Waals surface area (Å²) in [6.07, 6.45) is 9.70. The third kappa shape index (κ3) is 2.86. The van der Waals surface area contributed by atoms with Crippen molar-refractivity contribution in [1.82, 2.24) is 0 Å². The van der Waals surface area contributed by atoms with Crippen molar-refractivity contribution < 1.29 is 0 Å². The first-order valence-corrected chi connectivity index (χ1v) is 6.77. The number of hydrogen-bond donors (Lipinski definition) is 0. The highest BCUT2D eigenvalue weighted by molar-refractivity contribution is 5.10. The summed E-state index contributed by atoms with van der Waals surface area (Å²) in [6.45, 7) is 11.2. The van der Waals surface area contributed by atoms with Gasteiger partial charge in [0.15, 0.2) is 0 Å². The first-order valence-electron chi connectivity index (χ1n) is 6.77. The maximum absolute atomic E-state index is 2.56. The minimum Gasteiger partial charge on any atom is -0.0822 e. The van der Waals surface area contributed by atoms with Crippen LogP contribution >= 0.6 is 0 Å². The topological polar surface area (TPSA) is 0 Å². The van der Waals surface area contributed by atoms with Crippen molar-refractivity contribution >= 4 is 0 Å². The Morgan fingerprint density at radius 2 is 1.87 bits per heavy atom. The standard InChI is InChI=1S/C13H22.C2H6/c1-10-6-7-12-11(9-10)5-4-8-13(12,2)3;1-2/h9,11-12H,4-8H2,1-3H3;1-2H3. The lowest BCUT2D eigenvalue weighted by Crippen LogP contribution is -2.35. The van der Waals surface area contributed by atoms with Gasteiger partial charge in [-0.1, -0.05) is 45.8 Å². The minimum atomic E-state index is 0.611. The summed E-state index contributed by atoms with van der Waals surface area (Å²) in [7, 11) is 0. The molecule has 0 aromatic carbocycles. The molecule has 0 nitrogen and oxygen atoms in total. The van der Waals surface area contributed by atoms with Gasteiger partial charge in [-0.25, -0.2) is 0 Å². The van der Waals surface area contributed by atoms with E-state index in [4.69, 9.17) is 0 Å². The van der Waals surface area contributed by atoms with Gasteiger partial charge in [0.25, 0.3) is 0 Å². The first-order chi connectivity index (χ1) is 7.09. The Balaban J connectivity index is 0.000000531. The molecular formula is C15H28. The zero-order chi connectivity index (χ0) is 11.5. The molecule has 0 N–H and O–H groups in total. The summed E-state index contributed by atoms with van der Waals surface area (Å²) in [5, 5.41) is 0. The SMILES string of the molecule is CC.CC1=CC2CCCC(C)(C)C2CC1. The van der Waals surface area contributed by atoms with Crippen LogP contribution < -0.4 is 0 Å². The number of rotatable bonds is 0. The fourth-order valence-electron chi connectivity index (χ4n) is 3.40. The van der Waals surface area contributed by atoms with Gasteiger partial charge in [-0.05, 0) is 49.9 Å². The van der Waals surface area contributed by atoms with Crippen molar-refractivity contribution in [1.29, 1.82) is 0 Å². The second kappa shape index (κ2) is 5.18. The van der Waals surface area contributed by atoms with Crippen molar-refractivity contribution in [2.24, 2.45) is 17.3 Å². The quantitative estimate of drug-likeness (QED) is 0.480. The average Bonchev–Trinajstić information content (AvgIpc) is 2.19. The first kappa shape index (κ1) is 12.8. The highest BCUT2D eigenvalue weighted by Crippen LogP contribution is 2.49. The molecule has 0 spiro atoms. The molecule has 0 heterocycles. The van der Waals surface area contributed by atoms with E-state index in [1.165, 1.54) is 32.1 Å². The molecule has 1 fully saturated rings. The largest absolute Gasteiger partial charge is 0.0822 e. The van der Waals surface area contributed by atoms with Crippen LogP contribution in [-0.2, 0) is 0 Å². The van der Waals surface area contributed by atoms with Crippen LogP contribution in [0, 0.1) is 17.3 Å². The fraction of sp³-hybridized carbons (Fsp3) is 0.867. The molecule has 0 aromatic rings. The Morgan fingerprint density at radius 1 is 1.20 bits per heavy atom. The molecule has 0 radical (unpaired) electrons. The van der Waals surface area contributed by atoms with Crippen LogP contribution in [0.5, 0.6) is 0 Å². The molecular weight excluding hydrogens is 180 g/mol. The summed E-state index contributed by atoms with van der Waals surface area (Å²) in [5.74, 6) is 1.89. The van der Waals surface area contributed by atoms with Crippen LogP contribution in [0.4, 0.5) is 0 Å². The van der Waals surface area contributed by atoms with Crippen molar-refractivity contribution in [3.8, 4) is 0 Å². The van der Waals surface area contributed by atoms with Gasteiger partial charge in [-0.3, -0.25) is 0 Å². The molecule has 0 heteroatoms. The predicted molar refractivity (Wildman–Crippen MR) is 69.0 cm³/mol. The van der Waals surface area contributed by atoms with Crippen molar-refractivity contribution in [3.63, 3.8) is 0 Å². The molecule has 88 valence electrons. The third-order valence-corrected chi connectivity index (χ3v) is 4.23. The van der Waals surface area contributed by atoms with E-state index in [1.807, 2.05) is 13.8 Å². The minimum absolute atomic E-state index is 0.611. The van der Waals surface area contributed by atoms with Crippen molar-refractivity contribution in [2.75, 3.05) is 0 Å². The van der Waals surface area contributed by atoms with Gasteiger partial charge in [0.05, 0.1) is 0 Å². The zero-order valence-corrected chi connectivity index (χ0v) is 11.3. The monoisotopic (exact) mass is 208 g/mol. The summed E-state index contributed by atoms with van der Waals surface area (Å²) in [5.41, 5.74) is 2.25. The van der Waals surface area contributed by atoms with E-state index in [0.717, 1.165) is 11.8 Å². The van der Waals surface area contributed by atoms with Gasteiger partial charge in [-0.2, -0.15) is 0 Å². The van der Waals surface area contributed by atoms with E-state index in [2.05, 4.69) is 26.8 Å². The molecule has 0 saturated heterocycles. The highest BCUT2D eigenvalue weighted by Gasteiger charge is 2.38. The van der Waals surface area contributed by atoms with Crippen LogP contribution in [0.3, 0.4) is 0 Å². The lowest BCUT2D eigenvalue weighted by atomic mass is 9.60. The van der Waals surface area contributed by atoms with Crippen LogP contribution in [-0.4, -0.2) is 0 Å². The maximum Gasteiger partial charge on any atom is -0.0197 e. The number of hydrogen-bond acceptors (Lipinski definition) is 0. The number of allylic oxidation sites excluding steroid dienone is 2. The van der Waals surface area contributed by atoms with E-state index in [-0.39, 0.29) is 0 Å². The Morgan fingerprint density at radius 3 is 2.53 bits per heavy atom. The molecule has 0 aromatic heterocycles. The van der Waals surface area contributed by atoms with E-state index in [0.29, 0.717) is 5.41 Å². The molecule has 2 unspecified atom stereocenters. The summed E-state index contributed by atoms with van der Waals surface area (Å²) < 4.78 is 0. The van der Waals surface area contributed by atoms with E-state index in [9.17, 15) is 0 Å². The zero-order valence-electron chi connectivity index (χ0n) is 11.3. The Bertz CT molecular complexity index is 222. The average molecular weight is 208 g/mol. The Hall–Kier alpha value is -0.260. The van der Waals surface area contributed by atoms with Crippen LogP contribution in [0.25, 0.3) is 0 Å². The van der Waals surface area contributed by atoms with Crippen LogP contribution in [0.15, 0.2) is 11.6 Å². The van der Waals surface area contributed by atoms with Crippen molar-refractivity contribution in [2.45, 2.75) is 66.7 Å². The van der Waals surface area contributed by atoms with Gasteiger partial charge in [0, 0.05) is 0 Å². The van der Waals surface area contributed by atoms with E-state index in [1.54, 1.807) is 5.57 Å². The van der Waals surface area contributed by atoms with Gasteiger partial charge >= 0.3 is 0 Å². The molecule has 0 aliphatic heterocycles. The third-order valence-electron chi connectivity index (χ3n) is 4.23. The second-order valence-electron chi connectivity index (χ2n) is 5.70. The van der Waals surface area contributed by atoms with Gasteiger partial charge in [0.2, 0.25) is 0 Å². The normalized spacial score (nSPS) is 33.3. The van der Waals surface area contributed by atoms with Gasteiger partial charge in [-0.15, -0.1) is 0 Å². The molecule has 2 aliphatic carbocycles. The van der Waals surface area contributed by atoms with Crippen molar-refractivity contribution in [3.05, 3.63) is 11.6 Å². The number of fused-ring (bicyclic) bond motifs is 1. The fourth-order valence-corrected chi connectivity index (χ4v) is 3.40. The van der Waals surface area contributed by atoms with Gasteiger partial charge < -0.3 is 0 Å². The molecule has 0 amide bonds. The second-order valence-corrected chi connectivity index (χ2v) is 5.70. The lowest BCUT2D eigenvalue weighted by molar-refractivity contribution is 0.0842. The Labute approximate surface area is 96.2 Å². The summed E-state index contributed by atoms with van der Waals surface area (Å²) in [4.78, 5) is 0. The lowest BCUT2D eigenvalue weighted by Gasteiger charge is -2.45. The van der Waals surface area contributed by atoms with E-state index >= 15 is 0 Å². The van der Waals surface area contributed by atoms with E-state index < -0.39 is 0 Å². The highest BCUT2D eigenvalue weighted by atomic mass is 14.4. The molecule has 2 rings (SSSR count). The Kier molecular flexibility index (Phi) is 4.43. The maximum atomic E-state index is 2.56. The molecule has 1 saturated carbocycles. The smallest absolute Gasteiger partial charge is 0.0197 e. The molecule has 15 heavy (non-hydrogen) atoms. The predicted octanol–water partition coefficient (Wildman–Crippen LogP) is 5.20. The van der Waals surface area contributed by atoms with Crippen LogP contribution in [0.1, 0.15) is 66.7 Å². The summed E-state index contributed by atoms with van der Waals surface area (Å²) in [6, 6.07) is 0. The van der Waals surface area contributed by atoms with Gasteiger partial charge in [0.1, 0.15) is 0 Å². The molecule has 0 bridgehead atoms. The van der Waals surface area contributed by atoms with Crippen LogP contribution in [0.2, 0.25) is 0 Å². The molecule has 2 aliphatic rings. The summed E-state index contributed by atoms with van der Waals surface area (Å²) >= 11 is 0. The molecule has 2 atom stereocenters.